The summed E-state index contributed by atoms with van der Waals surface area (Å²) in [5.41, 5.74) is 0.921. The molecule has 0 aliphatic carbocycles. The summed E-state index contributed by atoms with van der Waals surface area (Å²) in [4.78, 5) is 15.2. The van der Waals surface area contributed by atoms with E-state index in [0.717, 1.165) is 5.56 Å². The number of esters is 1. The van der Waals surface area contributed by atoms with Gasteiger partial charge in [-0.05, 0) is 17.8 Å². The summed E-state index contributed by atoms with van der Waals surface area (Å²) < 4.78 is 5.26. The van der Waals surface area contributed by atoms with Crippen LogP contribution in [-0.4, -0.2) is 21.2 Å². The molecule has 82 valence electrons. The Morgan fingerprint density at radius 2 is 2.06 bits per heavy atom. The number of hydrogen-bond acceptors (Lipinski definition) is 4. The molecule has 16 heavy (non-hydrogen) atoms. The molecular formula is C10H9N3O2S. The van der Waals surface area contributed by atoms with E-state index in [1.54, 1.807) is 0 Å². The van der Waals surface area contributed by atoms with Gasteiger partial charge in [0.05, 0.1) is 0 Å². The Morgan fingerprint density at radius 3 is 2.69 bits per heavy atom. The van der Waals surface area contributed by atoms with E-state index in [4.69, 9.17) is 17.0 Å². The molecule has 5 nitrogen and oxygen atoms in total. The molecule has 1 heterocycles. The number of ether oxygens (including phenoxy) is 1. The van der Waals surface area contributed by atoms with Gasteiger partial charge in [-0.1, -0.05) is 30.3 Å². The number of aromatic nitrogens is 3. The van der Waals surface area contributed by atoms with Crippen molar-refractivity contribution in [3.8, 4) is 0 Å². The lowest BCUT2D eigenvalue weighted by Gasteiger charge is -2.01. The Labute approximate surface area is 96.5 Å². The van der Waals surface area contributed by atoms with Crippen LogP contribution in [-0.2, 0) is 11.3 Å². The largest absolute Gasteiger partial charge is 0.455 e. The molecule has 0 atom stereocenters. The zero-order valence-electron chi connectivity index (χ0n) is 8.27. The SMILES string of the molecule is O=C(OCc1ccccc1)c1nc(=S)[nH][nH]1. The Morgan fingerprint density at radius 1 is 1.31 bits per heavy atom. The summed E-state index contributed by atoms with van der Waals surface area (Å²) in [6, 6.07) is 9.41. The second-order valence-electron chi connectivity index (χ2n) is 3.08. The van der Waals surface area contributed by atoms with Crippen LogP contribution in [0, 0.1) is 4.77 Å². The first kappa shape index (κ1) is 10.6. The second-order valence-corrected chi connectivity index (χ2v) is 3.46. The summed E-state index contributed by atoms with van der Waals surface area (Å²) in [7, 11) is 0. The molecule has 0 aliphatic heterocycles. The van der Waals surface area contributed by atoms with Crippen LogP contribution in [0.1, 0.15) is 16.2 Å². The number of nitrogens with one attached hydrogen (secondary N) is 2. The number of benzene rings is 1. The zero-order chi connectivity index (χ0) is 11.4. The van der Waals surface area contributed by atoms with Crippen LogP contribution in [0.5, 0.6) is 0 Å². The van der Waals surface area contributed by atoms with Crippen LogP contribution >= 0.6 is 12.2 Å². The Balaban J connectivity index is 1.97. The van der Waals surface area contributed by atoms with Gasteiger partial charge >= 0.3 is 5.97 Å². The summed E-state index contributed by atoms with van der Waals surface area (Å²) in [5, 5.41) is 5.05. The lowest BCUT2D eigenvalue weighted by Crippen LogP contribution is -2.07. The summed E-state index contributed by atoms with van der Waals surface area (Å²) in [5.74, 6) is -0.447. The second kappa shape index (κ2) is 4.71. The fourth-order valence-corrected chi connectivity index (χ4v) is 1.30. The lowest BCUT2D eigenvalue weighted by atomic mass is 10.2. The number of carbonyl (C=O) groups is 1. The molecule has 0 saturated heterocycles. The van der Waals surface area contributed by atoms with E-state index in [9.17, 15) is 4.79 Å². The van der Waals surface area contributed by atoms with Crippen molar-refractivity contribution >= 4 is 18.2 Å². The van der Waals surface area contributed by atoms with Crippen molar-refractivity contribution in [2.24, 2.45) is 0 Å². The van der Waals surface area contributed by atoms with Gasteiger partial charge in [0.25, 0.3) is 0 Å². The van der Waals surface area contributed by atoms with Crippen molar-refractivity contribution in [1.29, 1.82) is 0 Å². The van der Waals surface area contributed by atoms with E-state index in [1.807, 2.05) is 30.3 Å². The predicted octanol–water partition coefficient (Wildman–Crippen LogP) is 1.82. The molecule has 2 rings (SSSR count). The number of rotatable bonds is 3. The van der Waals surface area contributed by atoms with Gasteiger partial charge in [0.1, 0.15) is 6.61 Å². The third kappa shape index (κ3) is 2.54. The number of H-pyrrole nitrogens is 2. The molecule has 0 unspecified atom stereocenters. The van der Waals surface area contributed by atoms with Gasteiger partial charge in [-0.3, -0.25) is 10.2 Å². The van der Waals surface area contributed by atoms with Crippen LogP contribution < -0.4 is 0 Å². The normalized spacial score (nSPS) is 10.0. The predicted molar refractivity (Wildman–Crippen MR) is 59.3 cm³/mol. The zero-order valence-corrected chi connectivity index (χ0v) is 9.08. The first-order chi connectivity index (χ1) is 7.75. The molecule has 2 aromatic rings. The van der Waals surface area contributed by atoms with Crippen LogP contribution in [0.4, 0.5) is 0 Å². The fourth-order valence-electron chi connectivity index (χ4n) is 1.16. The fraction of sp³-hybridized carbons (Fsp3) is 0.100. The molecule has 0 bridgehead atoms. The van der Waals surface area contributed by atoms with E-state index < -0.39 is 5.97 Å². The van der Waals surface area contributed by atoms with Gasteiger partial charge in [0, 0.05) is 0 Å². The maximum atomic E-state index is 11.4. The average molecular weight is 235 g/mol. The van der Waals surface area contributed by atoms with E-state index in [2.05, 4.69) is 15.2 Å². The standard InChI is InChI=1S/C10H9N3O2S/c14-9(8-11-10(16)13-12-8)15-6-7-4-2-1-3-5-7/h1-5H,6H2,(H2,11,12,13,16). The van der Waals surface area contributed by atoms with Crippen molar-refractivity contribution in [3.63, 3.8) is 0 Å². The third-order valence-corrected chi connectivity index (χ3v) is 2.10. The van der Waals surface area contributed by atoms with Crippen molar-refractivity contribution < 1.29 is 9.53 Å². The first-order valence-corrected chi connectivity index (χ1v) is 5.02. The highest BCUT2D eigenvalue weighted by Gasteiger charge is 2.10. The average Bonchev–Trinajstić information content (AvgIpc) is 2.74. The van der Waals surface area contributed by atoms with E-state index >= 15 is 0 Å². The Bertz CT molecular complexity index is 532. The van der Waals surface area contributed by atoms with E-state index in [1.165, 1.54) is 0 Å². The molecule has 2 N–H and O–H groups in total. The van der Waals surface area contributed by atoms with Crippen LogP contribution in [0.15, 0.2) is 30.3 Å². The number of carbonyl (C=O) groups excluding carboxylic acids is 1. The number of aromatic amines is 2. The molecule has 0 radical (unpaired) electrons. The number of hydrogen-bond donors (Lipinski definition) is 2. The number of nitrogens with zero attached hydrogens (tertiary/aromatic N) is 1. The molecular weight excluding hydrogens is 226 g/mol. The molecule has 1 aromatic heterocycles. The first-order valence-electron chi connectivity index (χ1n) is 4.61. The van der Waals surface area contributed by atoms with Crippen molar-refractivity contribution in [2.75, 3.05) is 0 Å². The van der Waals surface area contributed by atoms with Crippen LogP contribution in [0.2, 0.25) is 0 Å². The summed E-state index contributed by atoms with van der Waals surface area (Å²) >= 11 is 4.72. The van der Waals surface area contributed by atoms with E-state index in [0.29, 0.717) is 0 Å². The minimum absolute atomic E-state index is 0.0842. The van der Waals surface area contributed by atoms with Gasteiger partial charge in [-0.2, -0.15) is 4.98 Å². The summed E-state index contributed by atoms with van der Waals surface area (Å²) in [6.45, 7) is 0.215. The lowest BCUT2D eigenvalue weighted by molar-refractivity contribution is 0.0458. The highest BCUT2D eigenvalue weighted by atomic mass is 32.1. The molecule has 0 aliphatic rings. The van der Waals surface area contributed by atoms with Crippen LogP contribution in [0.3, 0.4) is 0 Å². The minimum atomic E-state index is -0.531. The van der Waals surface area contributed by atoms with Gasteiger partial charge < -0.3 is 4.74 Å². The van der Waals surface area contributed by atoms with Gasteiger partial charge in [0.2, 0.25) is 10.6 Å². The van der Waals surface area contributed by atoms with Gasteiger partial charge in [-0.15, -0.1) is 0 Å². The molecule has 0 saturated carbocycles. The van der Waals surface area contributed by atoms with Gasteiger partial charge in [-0.25, -0.2) is 4.79 Å². The quantitative estimate of drug-likeness (QED) is 0.629. The highest BCUT2D eigenvalue weighted by molar-refractivity contribution is 7.71. The third-order valence-electron chi connectivity index (χ3n) is 1.91. The van der Waals surface area contributed by atoms with E-state index in [-0.39, 0.29) is 17.2 Å². The van der Waals surface area contributed by atoms with Gasteiger partial charge in [0.15, 0.2) is 0 Å². The highest BCUT2D eigenvalue weighted by Crippen LogP contribution is 2.02. The summed E-state index contributed by atoms with van der Waals surface area (Å²) in [6.07, 6.45) is 0. The molecule has 0 amide bonds. The molecule has 0 spiro atoms. The molecule has 1 aromatic carbocycles. The van der Waals surface area contributed by atoms with Crippen molar-refractivity contribution in [2.45, 2.75) is 6.61 Å². The monoisotopic (exact) mass is 235 g/mol. The van der Waals surface area contributed by atoms with Crippen molar-refractivity contribution in [3.05, 3.63) is 46.5 Å². The van der Waals surface area contributed by atoms with Crippen LogP contribution in [0.25, 0.3) is 0 Å². The molecule has 6 heteroatoms. The van der Waals surface area contributed by atoms with Crippen molar-refractivity contribution in [1.82, 2.24) is 15.2 Å². The Kier molecular flexibility index (Phi) is 3.11. The molecule has 0 fully saturated rings. The Hall–Kier alpha value is -1.95. The smallest absolute Gasteiger partial charge is 0.376 e. The maximum Gasteiger partial charge on any atom is 0.376 e. The minimum Gasteiger partial charge on any atom is -0.455 e. The topological polar surface area (TPSA) is 70.8 Å². The maximum absolute atomic E-state index is 11.4.